The van der Waals surface area contributed by atoms with Crippen LogP contribution in [0.5, 0.6) is 0 Å². The highest BCUT2D eigenvalue weighted by Crippen LogP contribution is 2.29. The maximum atomic E-state index is 12.8. The summed E-state index contributed by atoms with van der Waals surface area (Å²) < 4.78 is 65.1. The van der Waals surface area contributed by atoms with Gasteiger partial charge >= 0.3 is 6.18 Å². The van der Waals surface area contributed by atoms with Crippen LogP contribution in [0.1, 0.15) is 11.1 Å². The van der Waals surface area contributed by atoms with Crippen LogP contribution in [0.15, 0.2) is 59.5 Å². The molecule has 0 aliphatic carbocycles. The van der Waals surface area contributed by atoms with E-state index in [2.05, 4.69) is 10.2 Å². The maximum Gasteiger partial charge on any atom is 0.416 e. The summed E-state index contributed by atoms with van der Waals surface area (Å²) in [7, 11) is -1.67. The first-order chi connectivity index (χ1) is 14.6. The third kappa shape index (κ3) is 5.93. The van der Waals surface area contributed by atoms with Crippen LogP contribution >= 0.6 is 0 Å². The largest absolute Gasteiger partial charge is 0.416 e. The molecule has 1 heterocycles. The van der Waals surface area contributed by atoms with Crippen LogP contribution in [-0.4, -0.2) is 56.8 Å². The van der Waals surface area contributed by atoms with Gasteiger partial charge in [0.2, 0.25) is 15.9 Å². The highest BCUT2D eigenvalue weighted by atomic mass is 32.2. The van der Waals surface area contributed by atoms with Crippen LogP contribution in [0.3, 0.4) is 0 Å². The Balaban J connectivity index is 1.63. The first kappa shape index (κ1) is 23.0. The topological polar surface area (TPSA) is 69.7 Å². The molecule has 0 atom stereocenters. The zero-order valence-electron chi connectivity index (χ0n) is 16.8. The number of alkyl halides is 3. The third-order valence-corrected chi connectivity index (χ3v) is 6.78. The van der Waals surface area contributed by atoms with Gasteiger partial charge in [-0.2, -0.15) is 17.5 Å². The van der Waals surface area contributed by atoms with E-state index in [0.29, 0.717) is 31.9 Å². The fraction of sp³-hybridized carbons (Fsp3) is 0.286. The van der Waals surface area contributed by atoms with E-state index in [1.807, 2.05) is 7.05 Å². The Morgan fingerprint density at radius 1 is 1.03 bits per heavy atom. The molecule has 0 unspecified atom stereocenters. The number of amides is 1. The first-order valence-electron chi connectivity index (χ1n) is 9.51. The minimum Gasteiger partial charge on any atom is -0.323 e. The molecule has 1 fully saturated rings. The van der Waals surface area contributed by atoms with Crippen molar-refractivity contribution in [2.75, 3.05) is 38.5 Å². The number of benzene rings is 2. The van der Waals surface area contributed by atoms with Crippen molar-refractivity contribution in [2.45, 2.75) is 11.1 Å². The summed E-state index contributed by atoms with van der Waals surface area (Å²) >= 11 is 0. The predicted molar refractivity (Wildman–Crippen MR) is 112 cm³/mol. The molecule has 1 saturated heterocycles. The van der Waals surface area contributed by atoms with E-state index in [1.54, 1.807) is 0 Å². The van der Waals surface area contributed by atoms with Crippen molar-refractivity contribution in [1.82, 2.24) is 9.21 Å². The van der Waals surface area contributed by atoms with Crippen LogP contribution < -0.4 is 5.32 Å². The summed E-state index contributed by atoms with van der Waals surface area (Å²) in [6, 6.07) is 10.4. The van der Waals surface area contributed by atoms with Crippen molar-refractivity contribution in [3.8, 4) is 0 Å². The number of nitrogens with one attached hydrogen (secondary N) is 1. The molecular weight excluding hydrogens is 431 g/mol. The Kier molecular flexibility index (Phi) is 6.83. The Morgan fingerprint density at radius 3 is 2.29 bits per heavy atom. The van der Waals surface area contributed by atoms with E-state index in [9.17, 15) is 26.4 Å². The summed E-state index contributed by atoms with van der Waals surface area (Å²) in [5.41, 5.74) is -0.193. The van der Waals surface area contributed by atoms with Crippen LogP contribution in [0.4, 0.5) is 18.9 Å². The highest BCUT2D eigenvalue weighted by Gasteiger charge is 2.30. The van der Waals surface area contributed by atoms with Gasteiger partial charge in [-0.25, -0.2) is 8.42 Å². The fourth-order valence-corrected chi connectivity index (χ4v) is 4.48. The smallest absolute Gasteiger partial charge is 0.323 e. The number of likely N-dealkylation sites (N-methyl/N-ethyl adjacent to an activating group) is 1. The van der Waals surface area contributed by atoms with Gasteiger partial charge in [0.25, 0.3) is 0 Å². The normalized spacial score (nSPS) is 16.5. The molecule has 1 aliphatic heterocycles. The van der Waals surface area contributed by atoms with Crippen LogP contribution in [0, 0.1) is 0 Å². The molecule has 0 aromatic heterocycles. The lowest BCUT2D eigenvalue weighted by Crippen LogP contribution is -2.46. The van der Waals surface area contributed by atoms with E-state index in [-0.39, 0.29) is 10.5 Å². The van der Waals surface area contributed by atoms with E-state index in [1.165, 1.54) is 46.8 Å². The van der Waals surface area contributed by atoms with Gasteiger partial charge in [0.1, 0.15) is 0 Å². The molecule has 0 bridgehead atoms. The van der Waals surface area contributed by atoms with Gasteiger partial charge in [0.05, 0.1) is 10.5 Å². The molecule has 1 amide bonds. The summed E-state index contributed by atoms with van der Waals surface area (Å²) in [5, 5.41) is 2.56. The third-order valence-electron chi connectivity index (χ3n) is 4.86. The number of rotatable bonds is 5. The van der Waals surface area contributed by atoms with Crippen molar-refractivity contribution in [3.05, 3.63) is 65.7 Å². The molecule has 1 aliphatic rings. The summed E-state index contributed by atoms with van der Waals surface area (Å²) in [6.45, 7) is 2.15. The maximum absolute atomic E-state index is 12.8. The number of anilines is 1. The number of piperazine rings is 1. The number of hydrogen-bond acceptors (Lipinski definition) is 4. The molecular formula is C21H22F3N3O3S. The second-order valence-electron chi connectivity index (χ2n) is 7.18. The van der Waals surface area contributed by atoms with E-state index < -0.39 is 27.7 Å². The molecule has 2 aromatic rings. The van der Waals surface area contributed by atoms with Crippen molar-refractivity contribution >= 4 is 27.7 Å². The van der Waals surface area contributed by atoms with E-state index in [4.69, 9.17) is 0 Å². The number of halogens is 3. The summed E-state index contributed by atoms with van der Waals surface area (Å²) in [4.78, 5) is 14.3. The molecule has 31 heavy (non-hydrogen) atoms. The van der Waals surface area contributed by atoms with Gasteiger partial charge in [0, 0.05) is 37.9 Å². The lowest BCUT2D eigenvalue weighted by atomic mass is 10.1. The van der Waals surface area contributed by atoms with Crippen LogP contribution in [0.25, 0.3) is 6.08 Å². The van der Waals surface area contributed by atoms with Gasteiger partial charge in [-0.05, 0) is 55.1 Å². The molecule has 3 rings (SSSR count). The first-order valence-corrected chi connectivity index (χ1v) is 10.9. The number of carbonyl (C=O) groups is 1. The van der Waals surface area contributed by atoms with Crippen LogP contribution in [0.2, 0.25) is 0 Å². The second kappa shape index (κ2) is 9.21. The number of nitrogens with zero attached hydrogens (tertiary/aromatic N) is 2. The van der Waals surface area contributed by atoms with E-state index >= 15 is 0 Å². The Morgan fingerprint density at radius 2 is 1.68 bits per heavy atom. The Hall–Kier alpha value is -2.69. The molecule has 10 heteroatoms. The molecule has 0 radical (unpaired) electrons. The summed E-state index contributed by atoms with van der Waals surface area (Å²) in [6.07, 6.45) is -2.07. The van der Waals surface area contributed by atoms with Gasteiger partial charge < -0.3 is 10.2 Å². The SMILES string of the molecule is CN1CCN(S(=O)(=O)c2ccc(NC(=O)/C=C/c3cccc(C(F)(F)F)c3)cc2)CC1. The van der Waals surface area contributed by atoms with E-state index in [0.717, 1.165) is 18.2 Å². The number of sulfonamides is 1. The van der Waals surface area contributed by atoms with Gasteiger partial charge in [0.15, 0.2) is 0 Å². The minimum absolute atomic E-state index is 0.134. The molecule has 6 nitrogen and oxygen atoms in total. The van der Waals surface area contributed by atoms with Crippen LogP contribution in [-0.2, 0) is 21.0 Å². The standard InChI is InChI=1S/C21H22F3N3O3S/c1-26-11-13-27(14-12-26)31(29,30)19-8-6-18(7-9-19)25-20(28)10-5-16-3-2-4-17(15-16)21(22,23)24/h2-10,15H,11-14H2,1H3,(H,25,28)/b10-5+. The molecule has 2 aromatic carbocycles. The minimum atomic E-state index is -4.46. The quantitative estimate of drug-likeness (QED) is 0.706. The Bertz CT molecular complexity index is 1060. The molecule has 166 valence electrons. The zero-order valence-corrected chi connectivity index (χ0v) is 17.6. The average Bonchev–Trinajstić information content (AvgIpc) is 2.73. The average molecular weight is 453 g/mol. The number of carbonyl (C=O) groups excluding carboxylic acids is 1. The highest BCUT2D eigenvalue weighted by molar-refractivity contribution is 7.89. The van der Waals surface area contributed by atoms with Gasteiger partial charge in [-0.15, -0.1) is 0 Å². The zero-order chi connectivity index (χ0) is 22.6. The fourth-order valence-electron chi connectivity index (χ4n) is 3.06. The Labute approximate surface area is 179 Å². The molecule has 0 spiro atoms. The predicted octanol–water partition coefficient (Wildman–Crippen LogP) is 3.29. The molecule has 0 saturated carbocycles. The lowest BCUT2D eigenvalue weighted by molar-refractivity contribution is -0.137. The second-order valence-corrected chi connectivity index (χ2v) is 9.12. The molecule has 1 N–H and O–H groups in total. The van der Waals surface area contributed by atoms with Gasteiger partial charge in [-0.1, -0.05) is 12.1 Å². The van der Waals surface area contributed by atoms with Crippen molar-refractivity contribution < 1.29 is 26.4 Å². The monoisotopic (exact) mass is 453 g/mol. The van der Waals surface area contributed by atoms with Crippen molar-refractivity contribution in [3.63, 3.8) is 0 Å². The van der Waals surface area contributed by atoms with Crippen molar-refractivity contribution in [2.24, 2.45) is 0 Å². The lowest BCUT2D eigenvalue weighted by Gasteiger charge is -2.31. The summed E-state index contributed by atoms with van der Waals surface area (Å²) in [5.74, 6) is -0.549. The van der Waals surface area contributed by atoms with Gasteiger partial charge in [-0.3, -0.25) is 4.79 Å². The van der Waals surface area contributed by atoms with Crippen molar-refractivity contribution in [1.29, 1.82) is 0 Å². The number of hydrogen-bond donors (Lipinski definition) is 1.